The molecule has 0 fully saturated rings. The van der Waals surface area contributed by atoms with Crippen molar-refractivity contribution in [3.63, 3.8) is 0 Å². The summed E-state index contributed by atoms with van der Waals surface area (Å²) in [5.74, 6) is -0.377. The van der Waals surface area contributed by atoms with Crippen LogP contribution in [0.25, 0.3) is 16.6 Å². The van der Waals surface area contributed by atoms with Crippen LogP contribution in [0.4, 0.5) is 5.69 Å². The first-order valence-corrected chi connectivity index (χ1v) is 9.18. The van der Waals surface area contributed by atoms with E-state index in [9.17, 15) is 14.4 Å². The minimum atomic E-state index is -0.579. The van der Waals surface area contributed by atoms with Crippen LogP contribution in [0.5, 0.6) is 0 Å². The predicted octanol–water partition coefficient (Wildman–Crippen LogP) is 3.00. The van der Waals surface area contributed by atoms with Crippen molar-refractivity contribution in [1.29, 1.82) is 5.26 Å². The molecule has 0 saturated carbocycles. The van der Waals surface area contributed by atoms with Crippen molar-refractivity contribution >= 4 is 22.5 Å². The average Bonchev–Trinajstić information content (AvgIpc) is 2.75. The lowest BCUT2D eigenvalue weighted by Gasteiger charge is -2.09. The molecule has 2 N–H and O–H groups in total. The van der Waals surface area contributed by atoms with Crippen molar-refractivity contribution in [1.82, 2.24) is 9.55 Å². The molecule has 0 aliphatic heterocycles. The predicted molar refractivity (Wildman–Crippen MR) is 114 cm³/mol. The molecule has 1 amide bonds. The highest BCUT2D eigenvalue weighted by Gasteiger charge is 2.12. The highest BCUT2D eigenvalue weighted by Crippen LogP contribution is 2.14. The maximum atomic E-state index is 12.8. The third kappa shape index (κ3) is 3.62. The summed E-state index contributed by atoms with van der Waals surface area (Å²) < 4.78 is 1.06. The molecule has 0 unspecified atom stereocenters. The minimum absolute atomic E-state index is 0.286. The number of carbonyl (C=O) groups is 1. The van der Waals surface area contributed by atoms with Crippen LogP contribution in [0.1, 0.15) is 15.9 Å². The number of nitrogens with zero attached hydrogens (tertiary/aromatic N) is 2. The van der Waals surface area contributed by atoms with Gasteiger partial charge in [-0.05, 0) is 48.0 Å². The molecule has 4 rings (SSSR count). The van der Waals surface area contributed by atoms with E-state index in [-0.39, 0.29) is 11.4 Å². The first-order valence-electron chi connectivity index (χ1n) is 9.18. The van der Waals surface area contributed by atoms with Crippen LogP contribution in [0.2, 0.25) is 0 Å². The Labute approximate surface area is 170 Å². The van der Waals surface area contributed by atoms with Crippen LogP contribution < -0.4 is 16.6 Å². The fourth-order valence-corrected chi connectivity index (χ4v) is 3.17. The number of amides is 1. The van der Waals surface area contributed by atoms with Crippen molar-refractivity contribution in [3.8, 4) is 11.8 Å². The van der Waals surface area contributed by atoms with Gasteiger partial charge in [-0.1, -0.05) is 30.3 Å². The Morgan fingerprint density at radius 2 is 1.73 bits per heavy atom. The molecule has 0 aliphatic rings. The molecule has 7 nitrogen and oxygen atoms in total. The molecule has 0 bridgehead atoms. The Balaban J connectivity index is 1.67. The topological polar surface area (TPSA) is 108 Å². The minimum Gasteiger partial charge on any atom is -0.322 e. The van der Waals surface area contributed by atoms with E-state index in [1.54, 1.807) is 54.6 Å². The van der Waals surface area contributed by atoms with Gasteiger partial charge >= 0.3 is 5.69 Å². The quantitative estimate of drug-likeness (QED) is 0.553. The van der Waals surface area contributed by atoms with E-state index >= 15 is 0 Å². The SMILES string of the molecule is N#CCc1ccc(NC(=O)c2ccc3c(=O)n(-c4ccccc4)c(=O)[nH]c3c2)cc1. The van der Waals surface area contributed by atoms with Gasteiger partial charge in [0.25, 0.3) is 11.5 Å². The van der Waals surface area contributed by atoms with E-state index in [0.29, 0.717) is 28.7 Å². The summed E-state index contributed by atoms with van der Waals surface area (Å²) in [5, 5.41) is 11.8. The van der Waals surface area contributed by atoms with Crippen molar-refractivity contribution in [3.05, 3.63) is 105 Å². The maximum Gasteiger partial charge on any atom is 0.333 e. The first kappa shape index (κ1) is 18.9. The number of aromatic nitrogens is 2. The summed E-state index contributed by atoms with van der Waals surface area (Å²) in [6.07, 6.45) is 0.298. The maximum absolute atomic E-state index is 12.8. The van der Waals surface area contributed by atoms with E-state index in [2.05, 4.69) is 16.4 Å². The Hall–Kier alpha value is -4.44. The molecule has 4 aromatic rings. The normalized spacial score (nSPS) is 10.5. The van der Waals surface area contributed by atoms with Gasteiger partial charge in [0.2, 0.25) is 0 Å². The van der Waals surface area contributed by atoms with Gasteiger partial charge in [0.1, 0.15) is 0 Å². The van der Waals surface area contributed by atoms with Crippen LogP contribution >= 0.6 is 0 Å². The van der Waals surface area contributed by atoms with Crippen LogP contribution in [-0.4, -0.2) is 15.5 Å². The van der Waals surface area contributed by atoms with Crippen molar-refractivity contribution in [2.45, 2.75) is 6.42 Å². The molecule has 0 spiro atoms. The van der Waals surface area contributed by atoms with Gasteiger partial charge in [-0.2, -0.15) is 5.26 Å². The van der Waals surface area contributed by atoms with Gasteiger partial charge in [-0.15, -0.1) is 0 Å². The number of carbonyl (C=O) groups excluding carboxylic acids is 1. The van der Waals surface area contributed by atoms with Gasteiger partial charge in [0.05, 0.1) is 29.1 Å². The zero-order chi connectivity index (χ0) is 21.1. The lowest BCUT2D eigenvalue weighted by Crippen LogP contribution is -2.33. The molecule has 1 heterocycles. The number of H-pyrrole nitrogens is 1. The second-order valence-corrected chi connectivity index (χ2v) is 6.65. The van der Waals surface area contributed by atoms with Gasteiger partial charge in [0.15, 0.2) is 0 Å². The van der Waals surface area contributed by atoms with Crippen LogP contribution in [-0.2, 0) is 6.42 Å². The van der Waals surface area contributed by atoms with E-state index in [1.165, 1.54) is 18.2 Å². The molecule has 30 heavy (non-hydrogen) atoms. The lowest BCUT2D eigenvalue weighted by molar-refractivity contribution is 0.102. The number of nitriles is 1. The number of hydrogen-bond acceptors (Lipinski definition) is 4. The Morgan fingerprint density at radius 3 is 2.43 bits per heavy atom. The third-order valence-corrected chi connectivity index (χ3v) is 4.67. The fourth-order valence-electron chi connectivity index (χ4n) is 3.17. The largest absolute Gasteiger partial charge is 0.333 e. The number of benzene rings is 3. The number of nitrogens with one attached hydrogen (secondary N) is 2. The zero-order valence-corrected chi connectivity index (χ0v) is 15.8. The fraction of sp³-hybridized carbons (Fsp3) is 0.0435. The summed E-state index contributed by atoms with van der Waals surface area (Å²) in [7, 11) is 0. The number of fused-ring (bicyclic) bond motifs is 1. The highest BCUT2D eigenvalue weighted by molar-refractivity contribution is 6.06. The van der Waals surface area contributed by atoms with Crippen molar-refractivity contribution in [2.75, 3.05) is 5.32 Å². The van der Waals surface area contributed by atoms with Crippen LogP contribution in [0, 0.1) is 11.3 Å². The van der Waals surface area contributed by atoms with Gasteiger partial charge in [0, 0.05) is 11.3 Å². The number of para-hydroxylation sites is 1. The standard InChI is InChI=1S/C23H16N4O3/c24-13-12-15-6-9-17(10-7-15)25-21(28)16-8-11-19-20(14-16)26-23(30)27(22(19)29)18-4-2-1-3-5-18/h1-11,14H,12H2,(H,25,28)(H,26,30). The monoisotopic (exact) mass is 396 g/mol. The Morgan fingerprint density at radius 1 is 1.00 bits per heavy atom. The zero-order valence-electron chi connectivity index (χ0n) is 15.8. The van der Waals surface area contributed by atoms with E-state index in [0.717, 1.165) is 10.1 Å². The highest BCUT2D eigenvalue weighted by atomic mass is 16.2. The van der Waals surface area contributed by atoms with Crippen LogP contribution in [0.3, 0.4) is 0 Å². The van der Waals surface area contributed by atoms with Crippen LogP contribution in [0.15, 0.2) is 82.4 Å². The second-order valence-electron chi connectivity index (χ2n) is 6.65. The summed E-state index contributed by atoms with van der Waals surface area (Å²) >= 11 is 0. The summed E-state index contributed by atoms with van der Waals surface area (Å²) in [4.78, 5) is 40.6. The molecule has 146 valence electrons. The molecule has 3 aromatic carbocycles. The number of hydrogen-bond donors (Lipinski definition) is 2. The Bertz CT molecular complexity index is 1400. The van der Waals surface area contributed by atoms with Gasteiger partial charge in [-0.25, -0.2) is 9.36 Å². The van der Waals surface area contributed by atoms with E-state index in [4.69, 9.17) is 5.26 Å². The molecule has 0 saturated heterocycles. The summed E-state index contributed by atoms with van der Waals surface area (Å²) in [6.45, 7) is 0. The van der Waals surface area contributed by atoms with Crippen molar-refractivity contribution in [2.24, 2.45) is 0 Å². The summed E-state index contributed by atoms with van der Waals surface area (Å²) in [6, 6.07) is 22.2. The third-order valence-electron chi connectivity index (χ3n) is 4.67. The summed E-state index contributed by atoms with van der Waals surface area (Å²) in [5.41, 5.74) is 1.45. The molecule has 0 radical (unpaired) electrons. The lowest BCUT2D eigenvalue weighted by atomic mass is 10.1. The Kier molecular flexibility index (Phi) is 4.97. The molecule has 0 atom stereocenters. The molecule has 1 aromatic heterocycles. The first-order chi connectivity index (χ1) is 14.6. The second kappa shape index (κ2) is 7.89. The van der Waals surface area contributed by atoms with Gasteiger partial charge in [-0.3, -0.25) is 9.59 Å². The number of anilines is 1. The van der Waals surface area contributed by atoms with Gasteiger partial charge < -0.3 is 10.3 Å². The number of rotatable bonds is 4. The van der Waals surface area contributed by atoms with E-state index in [1.807, 2.05) is 0 Å². The average molecular weight is 396 g/mol. The molecule has 0 aliphatic carbocycles. The smallest absolute Gasteiger partial charge is 0.322 e. The number of aromatic amines is 1. The molecular formula is C23H16N4O3. The molecular weight excluding hydrogens is 380 g/mol. The molecule has 7 heteroatoms. The van der Waals surface area contributed by atoms with E-state index < -0.39 is 11.2 Å². The van der Waals surface area contributed by atoms with Crippen molar-refractivity contribution < 1.29 is 4.79 Å².